The Morgan fingerprint density at radius 2 is 1.59 bits per heavy atom. The summed E-state index contributed by atoms with van der Waals surface area (Å²) in [5, 5.41) is 6.21. The first kappa shape index (κ1) is 17.1. The van der Waals surface area contributed by atoms with Gasteiger partial charge in [0, 0.05) is 34.7 Å². The van der Waals surface area contributed by atoms with Gasteiger partial charge in [0.1, 0.15) is 5.69 Å². The Morgan fingerprint density at radius 3 is 2.30 bits per heavy atom. The molecule has 5 heteroatoms. The molecular weight excluding hydrogens is 338 g/mol. The van der Waals surface area contributed by atoms with Crippen LogP contribution in [0.2, 0.25) is 0 Å². The molecule has 0 atom stereocenters. The molecule has 1 heterocycles. The predicted molar refractivity (Wildman–Crippen MR) is 107 cm³/mol. The molecule has 3 aromatic rings. The highest BCUT2D eigenvalue weighted by Gasteiger charge is 2.26. The second-order valence-electron chi connectivity index (χ2n) is 6.78. The van der Waals surface area contributed by atoms with Gasteiger partial charge in [-0.1, -0.05) is 18.2 Å². The lowest BCUT2D eigenvalue weighted by molar-refractivity contribution is 0.0971. The van der Waals surface area contributed by atoms with Gasteiger partial charge in [-0.05, 0) is 61.7 Å². The third kappa shape index (κ3) is 3.49. The first-order valence-corrected chi connectivity index (χ1v) is 9.10. The van der Waals surface area contributed by atoms with Gasteiger partial charge in [-0.25, -0.2) is 0 Å². The third-order valence-corrected chi connectivity index (χ3v) is 4.87. The van der Waals surface area contributed by atoms with Gasteiger partial charge in [0.15, 0.2) is 5.78 Å². The Kier molecular flexibility index (Phi) is 4.50. The van der Waals surface area contributed by atoms with Gasteiger partial charge in [-0.15, -0.1) is 0 Å². The van der Waals surface area contributed by atoms with Crippen molar-refractivity contribution in [3.05, 3.63) is 77.1 Å². The zero-order valence-electron chi connectivity index (χ0n) is 15.1. The van der Waals surface area contributed by atoms with E-state index in [0.29, 0.717) is 23.4 Å². The molecule has 0 spiro atoms. The van der Waals surface area contributed by atoms with Crippen molar-refractivity contribution in [2.45, 2.75) is 26.2 Å². The summed E-state index contributed by atoms with van der Waals surface area (Å²) < 4.78 is 0. The predicted octanol–water partition coefficient (Wildman–Crippen LogP) is 4.84. The largest absolute Gasteiger partial charge is 0.356 e. The molecule has 1 aliphatic carbocycles. The summed E-state index contributed by atoms with van der Waals surface area (Å²) in [5.74, 6) is -0.0983. The summed E-state index contributed by atoms with van der Waals surface area (Å²) in [4.78, 5) is 27.9. The SMILES string of the molecule is Cc1c(C(=O)Nc2ccc(Nc3ccccc3)cc2)[nH]c2c1C(=O)CCC2. The lowest BCUT2D eigenvalue weighted by Crippen LogP contribution is -2.14. The van der Waals surface area contributed by atoms with Crippen molar-refractivity contribution in [3.8, 4) is 0 Å². The first-order chi connectivity index (χ1) is 13.1. The standard InChI is InChI=1S/C22H21N3O2/c1-14-20-18(8-5-9-19(20)26)25-21(14)22(27)24-17-12-10-16(11-13-17)23-15-6-3-2-4-7-15/h2-4,6-7,10-13,23,25H,5,8-9H2,1H3,(H,24,27). The number of benzene rings is 2. The highest BCUT2D eigenvalue weighted by atomic mass is 16.2. The number of Topliss-reactive ketones (excluding diaryl/α,β-unsaturated/α-hetero) is 1. The van der Waals surface area contributed by atoms with Crippen molar-refractivity contribution in [1.82, 2.24) is 4.98 Å². The second kappa shape index (κ2) is 7.11. The highest BCUT2D eigenvalue weighted by molar-refractivity contribution is 6.08. The molecule has 0 unspecified atom stereocenters. The Labute approximate surface area is 157 Å². The average molecular weight is 359 g/mol. The maximum Gasteiger partial charge on any atom is 0.272 e. The number of hydrogen-bond donors (Lipinski definition) is 3. The van der Waals surface area contributed by atoms with Crippen LogP contribution in [0.25, 0.3) is 0 Å². The van der Waals surface area contributed by atoms with Gasteiger partial charge < -0.3 is 15.6 Å². The number of aromatic nitrogens is 1. The van der Waals surface area contributed by atoms with Crippen molar-refractivity contribution >= 4 is 28.8 Å². The van der Waals surface area contributed by atoms with Crippen LogP contribution in [0.1, 0.15) is 44.9 Å². The van der Waals surface area contributed by atoms with E-state index in [1.54, 1.807) is 0 Å². The molecule has 0 saturated heterocycles. The fourth-order valence-electron chi connectivity index (χ4n) is 3.52. The number of hydrogen-bond acceptors (Lipinski definition) is 3. The number of ketones is 1. The van der Waals surface area contributed by atoms with E-state index < -0.39 is 0 Å². The molecule has 4 rings (SSSR count). The third-order valence-electron chi connectivity index (χ3n) is 4.87. The number of aromatic amines is 1. The number of fused-ring (bicyclic) bond motifs is 1. The number of carbonyl (C=O) groups excluding carboxylic acids is 2. The zero-order chi connectivity index (χ0) is 18.8. The maximum absolute atomic E-state index is 12.7. The van der Waals surface area contributed by atoms with Crippen molar-refractivity contribution < 1.29 is 9.59 Å². The van der Waals surface area contributed by atoms with Gasteiger partial charge >= 0.3 is 0 Å². The molecule has 2 aromatic carbocycles. The minimum atomic E-state index is -0.224. The smallest absolute Gasteiger partial charge is 0.272 e. The number of anilines is 3. The van der Waals surface area contributed by atoms with Crippen LogP contribution < -0.4 is 10.6 Å². The summed E-state index contributed by atoms with van der Waals surface area (Å²) in [6.45, 7) is 1.83. The number of rotatable bonds is 4. The minimum Gasteiger partial charge on any atom is -0.356 e. The summed E-state index contributed by atoms with van der Waals surface area (Å²) in [6.07, 6.45) is 2.21. The zero-order valence-corrected chi connectivity index (χ0v) is 15.1. The molecule has 27 heavy (non-hydrogen) atoms. The molecule has 136 valence electrons. The van der Waals surface area contributed by atoms with Crippen LogP contribution in [-0.4, -0.2) is 16.7 Å². The molecular formula is C22H21N3O2. The van der Waals surface area contributed by atoms with E-state index >= 15 is 0 Å². The van der Waals surface area contributed by atoms with Gasteiger partial charge in [-0.2, -0.15) is 0 Å². The Bertz CT molecular complexity index is 988. The average Bonchev–Trinajstić information content (AvgIpc) is 3.02. The molecule has 1 amide bonds. The van der Waals surface area contributed by atoms with Crippen molar-refractivity contribution in [1.29, 1.82) is 0 Å². The quantitative estimate of drug-likeness (QED) is 0.624. The monoisotopic (exact) mass is 359 g/mol. The lowest BCUT2D eigenvalue weighted by Gasteiger charge is -2.09. The molecule has 1 aliphatic rings. The van der Waals surface area contributed by atoms with E-state index in [2.05, 4.69) is 15.6 Å². The highest BCUT2D eigenvalue weighted by Crippen LogP contribution is 2.27. The van der Waals surface area contributed by atoms with E-state index in [1.165, 1.54) is 0 Å². The Morgan fingerprint density at radius 1 is 0.926 bits per heavy atom. The molecule has 0 saturated carbocycles. The lowest BCUT2D eigenvalue weighted by atomic mass is 9.94. The molecule has 3 N–H and O–H groups in total. The molecule has 0 aliphatic heterocycles. The maximum atomic E-state index is 12.7. The Hall–Kier alpha value is -3.34. The summed E-state index contributed by atoms with van der Waals surface area (Å²) in [6, 6.07) is 17.4. The van der Waals surface area contributed by atoms with Crippen LogP contribution in [0.4, 0.5) is 17.1 Å². The number of amides is 1. The fourth-order valence-corrected chi connectivity index (χ4v) is 3.52. The van der Waals surface area contributed by atoms with E-state index in [0.717, 1.165) is 35.5 Å². The van der Waals surface area contributed by atoms with Crippen LogP contribution in [0, 0.1) is 6.92 Å². The van der Waals surface area contributed by atoms with Gasteiger partial charge in [0.2, 0.25) is 0 Å². The minimum absolute atomic E-state index is 0.125. The van der Waals surface area contributed by atoms with Crippen LogP contribution in [0.5, 0.6) is 0 Å². The first-order valence-electron chi connectivity index (χ1n) is 9.10. The van der Waals surface area contributed by atoms with Gasteiger partial charge in [0.05, 0.1) is 0 Å². The number of H-pyrrole nitrogens is 1. The van der Waals surface area contributed by atoms with Crippen molar-refractivity contribution in [2.24, 2.45) is 0 Å². The van der Waals surface area contributed by atoms with Crippen LogP contribution >= 0.6 is 0 Å². The molecule has 0 fully saturated rings. The topological polar surface area (TPSA) is 74.0 Å². The van der Waals surface area contributed by atoms with Crippen molar-refractivity contribution in [3.63, 3.8) is 0 Å². The number of para-hydroxylation sites is 1. The van der Waals surface area contributed by atoms with E-state index in [4.69, 9.17) is 0 Å². The number of aryl methyl sites for hydroxylation is 1. The van der Waals surface area contributed by atoms with Crippen LogP contribution in [-0.2, 0) is 6.42 Å². The molecule has 1 aromatic heterocycles. The van der Waals surface area contributed by atoms with Crippen LogP contribution in [0.3, 0.4) is 0 Å². The number of carbonyl (C=O) groups is 2. The van der Waals surface area contributed by atoms with E-state index in [-0.39, 0.29) is 11.7 Å². The van der Waals surface area contributed by atoms with E-state index in [9.17, 15) is 9.59 Å². The molecule has 0 radical (unpaired) electrons. The van der Waals surface area contributed by atoms with Crippen molar-refractivity contribution in [2.75, 3.05) is 10.6 Å². The van der Waals surface area contributed by atoms with E-state index in [1.807, 2.05) is 61.5 Å². The normalized spacial score (nSPS) is 13.1. The Balaban J connectivity index is 1.48. The second-order valence-corrected chi connectivity index (χ2v) is 6.78. The van der Waals surface area contributed by atoms with Gasteiger partial charge in [0.25, 0.3) is 5.91 Å². The molecule has 0 bridgehead atoms. The fraction of sp³-hybridized carbons (Fsp3) is 0.182. The molecule has 5 nitrogen and oxygen atoms in total. The van der Waals surface area contributed by atoms with Gasteiger partial charge in [-0.3, -0.25) is 9.59 Å². The summed E-state index contributed by atoms with van der Waals surface area (Å²) >= 11 is 0. The number of nitrogens with one attached hydrogen (secondary N) is 3. The van der Waals surface area contributed by atoms with Crippen LogP contribution in [0.15, 0.2) is 54.6 Å². The summed E-state index contributed by atoms with van der Waals surface area (Å²) in [5.41, 5.74) is 5.46. The summed E-state index contributed by atoms with van der Waals surface area (Å²) in [7, 11) is 0.